The SMILES string of the molecule is O=C(O)c1ccc(S(=O)(=O)c2ccc([N+](=O)[O-])cc2[N+](=O)[O-])c(O)c1. The second-order valence-corrected chi connectivity index (χ2v) is 6.54. The molecule has 2 N–H and O–H groups in total. The van der Waals surface area contributed by atoms with Crippen LogP contribution in [0.2, 0.25) is 0 Å². The summed E-state index contributed by atoms with van der Waals surface area (Å²) >= 11 is 0. The summed E-state index contributed by atoms with van der Waals surface area (Å²) in [5.41, 5.74) is -2.12. The van der Waals surface area contributed by atoms with Crippen LogP contribution in [0.15, 0.2) is 46.2 Å². The third-order valence-corrected chi connectivity index (χ3v) is 4.98. The van der Waals surface area contributed by atoms with Crippen LogP contribution in [0.4, 0.5) is 11.4 Å². The molecule has 0 amide bonds. The van der Waals surface area contributed by atoms with E-state index in [1.165, 1.54) is 0 Å². The van der Waals surface area contributed by atoms with E-state index >= 15 is 0 Å². The number of hydrogen-bond donors (Lipinski definition) is 2. The Kier molecular flexibility index (Phi) is 4.39. The van der Waals surface area contributed by atoms with Crippen LogP contribution in [0.5, 0.6) is 5.75 Å². The molecule has 130 valence electrons. The molecule has 12 heteroatoms. The monoisotopic (exact) mass is 368 g/mol. The van der Waals surface area contributed by atoms with Gasteiger partial charge in [0.05, 0.1) is 21.5 Å². The molecule has 0 fully saturated rings. The maximum absolute atomic E-state index is 12.6. The third kappa shape index (κ3) is 3.23. The fraction of sp³-hybridized carbons (Fsp3) is 0. The predicted molar refractivity (Wildman–Crippen MR) is 80.3 cm³/mol. The quantitative estimate of drug-likeness (QED) is 0.587. The lowest BCUT2D eigenvalue weighted by atomic mass is 10.2. The van der Waals surface area contributed by atoms with Crippen LogP contribution in [-0.2, 0) is 9.84 Å². The molecule has 11 nitrogen and oxygen atoms in total. The van der Waals surface area contributed by atoms with Gasteiger partial charge in [-0.2, -0.15) is 0 Å². The lowest BCUT2D eigenvalue weighted by molar-refractivity contribution is -0.396. The molecule has 0 aliphatic carbocycles. The van der Waals surface area contributed by atoms with Crippen molar-refractivity contribution in [3.05, 3.63) is 62.2 Å². The number of carbonyl (C=O) groups is 1. The van der Waals surface area contributed by atoms with Crippen LogP contribution >= 0.6 is 0 Å². The van der Waals surface area contributed by atoms with E-state index in [-0.39, 0.29) is 0 Å². The summed E-state index contributed by atoms with van der Waals surface area (Å²) < 4.78 is 25.1. The minimum atomic E-state index is -4.64. The molecular weight excluding hydrogens is 360 g/mol. The largest absolute Gasteiger partial charge is 0.507 e. The maximum Gasteiger partial charge on any atom is 0.335 e. The van der Waals surface area contributed by atoms with Crippen molar-refractivity contribution < 1.29 is 33.3 Å². The number of nitrogens with zero attached hydrogens (tertiary/aromatic N) is 2. The number of carboxylic acids is 1. The molecule has 0 unspecified atom stereocenters. The van der Waals surface area contributed by atoms with Gasteiger partial charge in [-0.05, 0) is 24.3 Å². The Labute approximate surface area is 139 Å². The van der Waals surface area contributed by atoms with Gasteiger partial charge >= 0.3 is 5.97 Å². The highest BCUT2D eigenvalue weighted by atomic mass is 32.2. The Morgan fingerprint density at radius 2 is 1.56 bits per heavy atom. The van der Waals surface area contributed by atoms with Gasteiger partial charge < -0.3 is 10.2 Å². The number of nitro groups is 2. The first-order chi connectivity index (χ1) is 11.6. The van der Waals surface area contributed by atoms with E-state index in [4.69, 9.17) is 5.11 Å². The molecule has 25 heavy (non-hydrogen) atoms. The summed E-state index contributed by atoms with van der Waals surface area (Å²) in [7, 11) is -4.64. The molecule has 0 atom stereocenters. The molecule has 0 bridgehead atoms. The van der Waals surface area contributed by atoms with Gasteiger partial charge in [0.25, 0.3) is 11.4 Å². The van der Waals surface area contributed by atoms with Crippen molar-refractivity contribution in [2.24, 2.45) is 0 Å². The van der Waals surface area contributed by atoms with E-state index in [1.54, 1.807) is 0 Å². The van der Waals surface area contributed by atoms with Crippen molar-refractivity contribution in [2.45, 2.75) is 9.79 Å². The molecule has 0 aromatic heterocycles. The second-order valence-electron chi connectivity index (χ2n) is 4.66. The van der Waals surface area contributed by atoms with Gasteiger partial charge in [-0.1, -0.05) is 0 Å². The number of benzene rings is 2. The highest BCUT2D eigenvalue weighted by Gasteiger charge is 2.32. The van der Waals surface area contributed by atoms with Gasteiger partial charge in [0.2, 0.25) is 9.84 Å². The van der Waals surface area contributed by atoms with Crippen molar-refractivity contribution in [1.29, 1.82) is 0 Å². The van der Waals surface area contributed by atoms with E-state index in [9.17, 15) is 38.5 Å². The van der Waals surface area contributed by atoms with E-state index in [1.807, 2.05) is 0 Å². The molecule has 0 spiro atoms. The van der Waals surface area contributed by atoms with Crippen LogP contribution in [0.25, 0.3) is 0 Å². The number of nitro benzene ring substituents is 2. The fourth-order valence-electron chi connectivity index (χ4n) is 1.99. The summed E-state index contributed by atoms with van der Waals surface area (Å²) in [5, 5.41) is 40.4. The highest BCUT2D eigenvalue weighted by Crippen LogP contribution is 2.35. The van der Waals surface area contributed by atoms with Crippen LogP contribution in [0.3, 0.4) is 0 Å². The minimum Gasteiger partial charge on any atom is -0.507 e. The zero-order chi connectivity index (χ0) is 18.9. The van der Waals surface area contributed by atoms with Crippen molar-refractivity contribution in [1.82, 2.24) is 0 Å². The number of aromatic carboxylic acids is 1. The number of hydrogen-bond acceptors (Lipinski definition) is 8. The van der Waals surface area contributed by atoms with E-state index < -0.39 is 58.1 Å². The van der Waals surface area contributed by atoms with Crippen molar-refractivity contribution in [2.75, 3.05) is 0 Å². The van der Waals surface area contributed by atoms with E-state index in [0.717, 1.165) is 18.2 Å². The first kappa shape index (κ1) is 17.8. The van der Waals surface area contributed by atoms with Gasteiger partial charge in [-0.25, -0.2) is 13.2 Å². The first-order valence-corrected chi connectivity index (χ1v) is 7.78. The molecule has 2 aromatic rings. The van der Waals surface area contributed by atoms with Crippen LogP contribution < -0.4 is 0 Å². The Morgan fingerprint density at radius 1 is 0.960 bits per heavy atom. The average molecular weight is 368 g/mol. The Balaban J connectivity index is 2.70. The van der Waals surface area contributed by atoms with Gasteiger partial charge in [0.1, 0.15) is 15.5 Å². The minimum absolute atomic E-state index is 0.394. The van der Waals surface area contributed by atoms with Gasteiger partial charge in [-0.15, -0.1) is 0 Å². The van der Waals surface area contributed by atoms with Gasteiger partial charge in [0, 0.05) is 6.07 Å². The Hall–Kier alpha value is -3.54. The molecule has 0 heterocycles. The first-order valence-electron chi connectivity index (χ1n) is 6.30. The van der Waals surface area contributed by atoms with Crippen molar-refractivity contribution in [3.63, 3.8) is 0 Å². The zero-order valence-electron chi connectivity index (χ0n) is 12.0. The number of phenols is 1. The van der Waals surface area contributed by atoms with E-state index in [0.29, 0.717) is 18.2 Å². The molecule has 2 rings (SSSR count). The normalized spacial score (nSPS) is 11.0. The van der Waals surface area contributed by atoms with Crippen molar-refractivity contribution >= 4 is 27.2 Å². The number of non-ortho nitro benzene ring substituents is 1. The van der Waals surface area contributed by atoms with Crippen LogP contribution in [-0.4, -0.2) is 34.4 Å². The highest BCUT2D eigenvalue weighted by molar-refractivity contribution is 7.91. The van der Waals surface area contributed by atoms with E-state index in [2.05, 4.69) is 0 Å². The number of rotatable bonds is 5. The number of carboxylic acid groups (broad SMARTS) is 1. The summed E-state index contributed by atoms with van der Waals surface area (Å²) in [5.74, 6) is -2.34. The molecular formula is C13H8N2O9S. The third-order valence-electron chi connectivity index (χ3n) is 3.13. The smallest absolute Gasteiger partial charge is 0.335 e. The molecule has 0 saturated carbocycles. The second kappa shape index (κ2) is 6.16. The molecule has 0 radical (unpaired) electrons. The predicted octanol–water partition coefficient (Wildman–Crippen LogP) is 1.74. The lowest BCUT2D eigenvalue weighted by Crippen LogP contribution is -2.07. The number of phenolic OH excluding ortho intramolecular Hbond substituents is 1. The summed E-state index contributed by atoms with van der Waals surface area (Å²) in [6, 6.07) is 4.27. The van der Waals surface area contributed by atoms with Crippen molar-refractivity contribution in [3.8, 4) is 5.75 Å². The number of aromatic hydroxyl groups is 1. The molecule has 0 aliphatic heterocycles. The molecule has 0 aliphatic rings. The van der Waals surface area contributed by atoms with Gasteiger partial charge in [-0.3, -0.25) is 20.2 Å². The molecule has 0 saturated heterocycles. The Bertz CT molecular complexity index is 1010. The summed E-state index contributed by atoms with van der Waals surface area (Å²) in [6.45, 7) is 0. The average Bonchev–Trinajstić information content (AvgIpc) is 2.53. The van der Waals surface area contributed by atoms with Gasteiger partial charge in [0.15, 0.2) is 0 Å². The maximum atomic E-state index is 12.6. The standard InChI is InChI=1S/C13H8N2O9S/c16-10-5-7(13(17)18)1-3-12(10)25(23,24)11-4-2-8(14(19)20)6-9(11)15(21)22/h1-6,16H,(H,17,18). The lowest BCUT2D eigenvalue weighted by Gasteiger charge is -2.08. The Morgan fingerprint density at radius 3 is 2.04 bits per heavy atom. The summed E-state index contributed by atoms with van der Waals surface area (Å²) in [4.78, 5) is 28.9. The van der Waals surface area contributed by atoms with Crippen LogP contribution in [0.1, 0.15) is 10.4 Å². The zero-order valence-corrected chi connectivity index (χ0v) is 12.8. The summed E-state index contributed by atoms with van der Waals surface area (Å²) in [6.07, 6.45) is 0. The van der Waals surface area contributed by atoms with Crippen LogP contribution in [0, 0.1) is 20.2 Å². The number of sulfone groups is 1. The fourth-order valence-corrected chi connectivity index (χ4v) is 3.46. The molecule has 2 aromatic carbocycles. The topological polar surface area (TPSA) is 178 Å².